The maximum atomic E-state index is 9.01. The quantitative estimate of drug-likeness (QED) is 0.895. The molecule has 98 valence electrons. The third-order valence-corrected chi connectivity index (χ3v) is 3.20. The highest BCUT2D eigenvalue weighted by Gasteiger charge is 2.18. The first kappa shape index (κ1) is 13.3. The zero-order valence-electron chi connectivity index (χ0n) is 10.6. The van der Waals surface area contributed by atoms with E-state index in [-0.39, 0.29) is 18.7 Å². The summed E-state index contributed by atoms with van der Waals surface area (Å²) in [5.74, 6) is 0.802. The van der Waals surface area contributed by atoms with Crippen molar-refractivity contribution in [2.45, 2.75) is 32.4 Å². The van der Waals surface area contributed by atoms with Gasteiger partial charge >= 0.3 is 0 Å². The number of halogens is 1. The highest BCUT2D eigenvalue weighted by Crippen LogP contribution is 2.27. The van der Waals surface area contributed by atoms with E-state index >= 15 is 0 Å². The number of benzene rings is 1. The molecule has 0 amide bonds. The maximum absolute atomic E-state index is 9.01. The molecule has 1 aromatic heterocycles. The summed E-state index contributed by atoms with van der Waals surface area (Å²) >= 11 is 5.98. The minimum Gasteiger partial charge on any atom is -0.396 e. The SMILES string of the molecule is CC(C)n1c(C(N)CCO)nc2cc(Cl)ccc21. The maximum Gasteiger partial charge on any atom is 0.127 e. The molecule has 0 fully saturated rings. The Bertz CT molecular complexity index is 550. The fourth-order valence-corrected chi connectivity index (χ4v) is 2.33. The first-order valence-electron chi connectivity index (χ1n) is 6.08. The van der Waals surface area contributed by atoms with Crippen LogP contribution in [0.25, 0.3) is 11.0 Å². The van der Waals surface area contributed by atoms with E-state index < -0.39 is 0 Å². The molecule has 0 saturated carbocycles. The number of nitrogens with zero attached hydrogens (tertiary/aromatic N) is 2. The number of aromatic nitrogens is 2. The molecule has 0 saturated heterocycles. The van der Waals surface area contributed by atoms with Gasteiger partial charge in [-0.15, -0.1) is 0 Å². The van der Waals surface area contributed by atoms with Crippen LogP contribution in [0.3, 0.4) is 0 Å². The molecule has 0 spiro atoms. The van der Waals surface area contributed by atoms with E-state index in [1.165, 1.54) is 0 Å². The minimum atomic E-state index is -0.261. The first-order valence-corrected chi connectivity index (χ1v) is 6.46. The van der Waals surface area contributed by atoms with E-state index in [1.54, 1.807) is 0 Å². The molecule has 0 bridgehead atoms. The topological polar surface area (TPSA) is 64.1 Å². The molecule has 1 unspecified atom stereocenters. The summed E-state index contributed by atoms with van der Waals surface area (Å²) in [6, 6.07) is 5.65. The van der Waals surface area contributed by atoms with Crippen LogP contribution in [0.5, 0.6) is 0 Å². The normalized spacial score (nSPS) is 13.4. The Kier molecular flexibility index (Phi) is 3.90. The van der Waals surface area contributed by atoms with E-state index in [0.717, 1.165) is 16.9 Å². The number of fused-ring (bicyclic) bond motifs is 1. The van der Waals surface area contributed by atoms with Gasteiger partial charge in [0.25, 0.3) is 0 Å². The summed E-state index contributed by atoms with van der Waals surface area (Å²) in [4.78, 5) is 4.56. The fraction of sp³-hybridized carbons (Fsp3) is 0.462. The Morgan fingerprint density at radius 1 is 1.44 bits per heavy atom. The van der Waals surface area contributed by atoms with Crippen molar-refractivity contribution in [1.82, 2.24) is 9.55 Å². The van der Waals surface area contributed by atoms with Gasteiger partial charge in [0.2, 0.25) is 0 Å². The van der Waals surface area contributed by atoms with Crippen molar-refractivity contribution in [3.63, 3.8) is 0 Å². The van der Waals surface area contributed by atoms with Gasteiger partial charge in [0, 0.05) is 17.7 Å². The molecule has 1 aromatic carbocycles. The number of aliphatic hydroxyl groups excluding tert-OH is 1. The monoisotopic (exact) mass is 267 g/mol. The van der Waals surface area contributed by atoms with Gasteiger partial charge in [-0.05, 0) is 38.5 Å². The van der Waals surface area contributed by atoms with E-state index in [1.807, 2.05) is 18.2 Å². The lowest BCUT2D eigenvalue weighted by Gasteiger charge is -2.16. The largest absolute Gasteiger partial charge is 0.396 e. The second-order valence-electron chi connectivity index (χ2n) is 4.69. The van der Waals surface area contributed by atoms with Gasteiger partial charge in [0.1, 0.15) is 5.82 Å². The van der Waals surface area contributed by atoms with Crippen LogP contribution in [0.1, 0.15) is 38.2 Å². The molecule has 0 aliphatic heterocycles. The molecule has 2 aromatic rings. The van der Waals surface area contributed by atoms with Crippen LogP contribution >= 0.6 is 11.6 Å². The summed E-state index contributed by atoms with van der Waals surface area (Å²) in [6.07, 6.45) is 0.504. The Labute approximate surface area is 111 Å². The van der Waals surface area contributed by atoms with Crippen LogP contribution in [0.15, 0.2) is 18.2 Å². The van der Waals surface area contributed by atoms with Gasteiger partial charge < -0.3 is 15.4 Å². The van der Waals surface area contributed by atoms with Gasteiger partial charge in [0.15, 0.2) is 0 Å². The zero-order valence-corrected chi connectivity index (χ0v) is 11.4. The predicted molar refractivity (Wildman–Crippen MR) is 73.8 cm³/mol. The minimum absolute atomic E-state index is 0.0588. The average molecular weight is 268 g/mol. The van der Waals surface area contributed by atoms with Gasteiger partial charge in [-0.3, -0.25) is 0 Å². The third-order valence-electron chi connectivity index (χ3n) is 2.97. The van der Waals surface area contributed by atoms with Crippen LogP contribution in [0.2, 0.25) is 5.02 Å². The summed E-state index contributed by atoms with van der Waals surface area (Å²) in [6.45, 7) is 4.24. The zero-order chi connectivity index (χ0) is 13.3. The number of imidazole rings is 1. The van der Waals surface area contributed by atoms with Crippen LogP contribution in [-0.2, 0) is 0 Å². The van der Waals surface area contributed by atoms with Crippen molar-refractivity contribution < 1.29 is 5.11 Å². The number of rotatable bonds is 4. The van der Waals surface area contributed by atoms with Gasteiger partial charge in [-0.2, -0.15) is 0 Å². The van der Waals surface area contributed by atoms with Crippen LogP contribution in [0, 0.1) is 0 Å². The molecular weight excluding hydrogens is 250 g/mol. The molecular formula is C13H18ClN3O. The van der Waals surface area contributed by atoms with E-state index in [2.05, 4.69) is 23.4 Å². The Morgan fingerprint density at radius 2 is 2.17 bits per heavy atom. The standard InChI is InChI=1S/C13H18ClN3O/c1-8(2)17-12-4-3-9(14)7-11(12)16-13(17)10(15)5-6-18/h3-4,7-8,10,18H,5-6,15H2,1-2H3. The fourth-order valence-electron chi connectivity index (χ4n) is 2.16. The van der Waals surface area contributed by atoms with Gasteiger partial charge in [-0.1, -0.05) is 11.6 Å². The van der Waals surface area contributed by atoms with Crippen LogP contribution in [-0.4, -0.2) is 21.3 Å². The molecule has 0 radical (unpaired) electrons. The highest BCUT2D eigenvalue weighted by atomic mass is 35.5. The van der Waals surface area contributed by atoms with Crippen LogP contribution in [0.4, 0.5) is 0 Å². The van der Waals surface area contributed by atoms with Gasteiger partial charge in [-0.25, -0.2) is 4.98 Å². The molecule has 18 heavy (non-hydrogen) atoms. The van der Waals surface area contributed by atoms with Crippen LogP contribution < -0.4 is 5.73 Å². The van der Waals surface area contributed by atoms with E-state index in [9.17, 15) is 0 Å². The second kappa shape index (κ2) is 5.26. The van der Waals surface area contributed by atoms with E-state index in [0.29, 0.717) is 11.4 Å². The summed E-state index contributed by atoms with van der Waals surface area (Å²) in [5.41, 5.74) is 7.94. The van der Waals surface area contributed by atoms with E-state index in [4.69, 9.17) is 22.4 Å². The Hall–Kier alpha value is -1.10. The lowest BCUT2D eigenvalue weighted by atomic mass is 10.2. The van der Waals surface area contributed by atoms with Crippen molar-refractivity contribution >= 4 is 22.6 Å². The van der Waals surface area contributed by atoms with Crippen molar-refractivity contribution in [1.29, 1.82) is 0 Å². The lowest BCUT2D eigenvalue weighted by molar-refractivity contribution is 0.273. The third kappa shape index (κ3) is 2.36. The number of nitrogens with two attached hydrogens (primary N) is 1. The number of hydrogen-bond acceptors (Lipinski definition) is 3. The van der Waals surface area contributed by atoms with Crippen molar-refractivity contribution in [3.05, 3.63) is 29.0 Å². The smallest absolute Gasteiger partial charge is 0.127 e. The summed E-state index contributed by atoms with van der Waals surface area (Å²) < 4.78 is 2.10. The summed E-state index contributed by atoms with van der Waals surface area (Å²) in [5, 5.41) is 9.67. The van der Waals surface area contributed by atoms with Crippen molar-refractivity contribution in [2.24, 2.45) is 5.73 Å². The second-order valence-corrected chi connectivity index (χ2v) is 5.12. The first-order chi connectivity index (χ1) is 8.54. The molecule has 0 aliphatic rings. The lowest BCUT2D eigenvalue weighted by Crippen LogP contribution is -2.19. The Balaban J connectivity index is 2.60. The van der Waals surface area contributed by atoms with Gasteiger partial charge in [0.05, 0.1) is 17.1 Å². The highest BCUT2D eigenvalue weighted by molar-refractivity contribution is 6.31. The predicted octanol–water partition coefficient (Wildman–Crippen LogP) is 2.65. The average Bonchev–Trinajstić information content (AvgIpc) is 2.67. The Morgan fingerprint density at radius 3 is 2.78 bits per heavy atom. The molecule has 1 heterocycles. The number of aliphatic hydroxyl groups is 1. The molecule has 0 aliphatic carbocycles. The molecule has 2 rings (SSSR count). The van der Waals surface area contributed by atoms with Crippen molar-refractivity contribution in [2.75, 3.05) is 6.61 Å². The molecule has 5 heteroatoms. The van der Waals surface area contributed by atoms with Crippen molar-refractivity contribution in [3.8, 4) is 0 Å². The molecule has 4 nitrogen and oxygen atoms in total. The summed E-state index contributed by atoms with van der Waals surface area (Å²) in [7, 11) is 0. The molecule has 3 N–H and O–H groups in total. The molecule has 1 atom stereocenters. The number of hydrogen-bond donors (Lipinski definition) is 2.